The summed E-state index contributed by atoms with van der Waals surface area (Å²) in [6.45, 7) is 0. The predicted octanol–water partition coefficient (Wildman–Crippen LogP) is 5.25. The number of carbonyl (C=O) groups is 1. The number of nitrogens with zero attached hydrogens (tertiary/aromatic N) is 1. The molecule has 128 valence electrons. The third-order valence-corrected chi connectivity index (χ3v) is 5.61. The molecule has 1 saturated carbocycles. The molecule has 1 aromatic heterocycles. The summed E-state index contributed by atoms with van der Waals surface area (Å²) >= 11 is 2.22. The lowest BCUT2D eigenvalue weighted by Gasteiger charge is -2.18. The Morgan fingerprint density at radius 3 is 2.46 bits per heavy atom. The lowest BCUT2D eigenvalue weighted by molar-refractivity contribution is -0.140. The van der Waals surface area contributed by atoms with E-state index in [1.807, 2.05) is 0 Å². The smallest absolute Gasteiger partial charge is 0.360 e. The minimum atomic E-state index is -4.62. The molecule has 1 aromatic carbocycles. The molecule has 1 fully saturated rings. The lowest BCUT2D eigenvalue weighted by Crippen LogP contribution is -2.16. The van der Waals surface area contributed by atoms with Crippen LogP contribution in [0.2, 0.25) is 0 Å². The molecule has 1 heterocycles. The largest absolute Gasteiger partial charge is 0.418 e. The summed E-state index contributed by atoms with van der Waals surface area (Å²) in [6, 6.07) is 2.81. The Morgan fingerprint density at radius 1 is 1.21 bits per heavy atom. The number of benzene rings is 1. The van der Waals surface area contributed by atoms with E-state index in [-0.39, 0.29) is 21.9 Å². The van der Waals surface area contributed by atoms with E-state index in [0.717, 1.165) is 24.6 Å². The zero-order valence-corrected chi connectivity index (χ0v) is 14.6. The van der Waals surface area contributed by atoms with Crippen LogP contribution in [0.15, 0.2) is 32.6 Å². The van der Waals surface area contributed by atoms with Crippen LogP contribution in [0.25, 0.3) is 0 Å². The first-order valence-corrected chi connectivity index (χ1v) is 9.64. The highest BCUT2D eigenvalue weighted by molar-refractivity contribution is 8.01. The first-order chi connectivity index (χ1) is 11.4. The van der Waals surface area contributed by atoms with Crippen molar-refractivity contribution in [2.45, 2.75) is 34.7 Å². The number of ketones is 1. The van der Waals surface area contributed by atoms with Crippen molar-refractivity contribution in [2.75, 3.05) is 12.5 Å². The molecule has 0 unspecified atom stereocenters. The van der Waals surface area contributed by atoms with Crippen LogP contribution < -0.4 is 0 Å². The SMILES string of the molecule is CSc1ccc(C(=O)c2cnoc2C2CC2)c(C(F)(F)F)c1SC. The zero-order valence-electron chi connectivity index (χ0n) is 12.9. The van der Waals surface area contributed by atoms with E-state index in [9.17, 15) is 18.0 Å². The second-order valence-corrected chi connectivity index (χ2v) is 7.09. The van der Waals surface area contributed by atoms with Crippen molar-refractivity contribution in [2.24, 2.45) is 0 Å². The van der Waals surface area contributed by atoms with E-state index >= 15 is 0 Å². The minimum absolute atomic E-state index is 0.0743. The summed E-state index contributed by atoms with van der Waals surface area (Å²) in [5.41, 5.74) is -1.10. The van der Waals surface area contributed by atoms with E-state index in [1.54, 1.807) is 18.6 Å². The Balaban J connectivity index is 2.16. The van der Waals surface area contributed by atoms with Crippen LogP contribution in [0.5, 0.6) is 0 Å². The van der Waals surface area contributed by atoms with Crippen LogP contribution in [0.4, 0.5) is 13.2 Å². The molecule has 3 rings (SSSR count). The Labute approximate surface area is 145 Å². The van der Waals surface area contributed by atoms with Gasteiger partial charge in [-0.25, -0.2) is 0 Å². The maximum atomic E-state index is 13.7. The normalized spacial score (nSPS) is 14.9. The third-order valence-electron chi connectivity index (χ3n) is 3.86. The van der Waals surface area contributed by atoms with Gasteiger partial charge in [0.25, 0.3) is 0 Å². The Hall–Kier alpha value is -1.41. The van der Waals surface area contributed by atoms with Gasteiger partial charge < -0.3 is 4.52 Å². The van der Waals surface area contributed by atoms with Crippen LogP contribution in [0.1, 0.15) is 46.0 Å². The minimum Gasteiger partial charge on any atom is -0.360 e. The van der Waals surface area contributed by atoms with Crippen LogP contribution >= 0.6 is 23.5 Å². The summed E-state index contributed by atoms with van der Waals surface area (Å²) in [5, 5.41) is 3.61. The van der Waals surface area contributed by atoms with Gasteiger partial charge in [0.1, 0.15) is 0 Å². The van der Waals surface area contributed by atoms with Crippen molar-refractivity contribution in [1.29, 1.82) is 0 Å². The van der Waals surface area contributed by atoms with Gasteiger partial charge in [-0.15, -0.1) is 23.5 Å². The van der Waals surface area contributed by atoms with E-state index in [4.69, 9.17) is 4.52 Å². The predicted molar refractivity (Wildman–Crippen MR) is 86.9 cm³/mol. The zero-order chi connectivity index (χ0) is 17.5. The van der Waals surface area contributed by atoms with E-state index in [0.29, 0.717) is 10.7 Å². The van der Waals surface area contributed by atoms with E-state index < -0.39 is 17.5 Å². The molecule has 0 atom stereocenters. The molecule has 2 aromatic rings. The average molecular weight is 373 g/mol. The molecule has 8 heteroatoms. The van der Waals surface area contributed by atoms with Gasteiger partial charge in [0.2, 0.25) is 0 Å². The van der Waals surface area contributed by atoms with Crippen molar-refractivity contribution in [1.82, 2.24) is 5.16 Å². The van der Waals surface area contributed by atoms with Gasteiger partial charge >= 0.3 is 6.18 Å². The first kappa shape index (κ1) is 17.4. The molecule has 3 nitrogen and oxygen atoms in total. The second-order valence-electron chi connectivity index (χ2n) is 5.43. The van der Waals surface area contributed by atoms with Crippen molar-refractivity contribution < 1.29 is 22.5 Å². The van der Waals surface area contributed by atoms with Gasteiger partial charge in [-0.3, -0.25) is 4.79 Å². The highest BCUT2D eigenvalue weighted by atomic mass is 32.2. The highest BCUT2D eigenvalue weighted by Crippen LogP contribution is 2.45. The van der Waals surface area contributed by atoms with E-state index in [2.05, 4.69) is 5.16 Å². The number of hydrogen-bond acceptors (Lipinski definition) is 5. The fraction of sp³-hybridized carbons (Fsp3) is 0.375. The molecule has 0 saturated heterocycles. The summed E-state index contributed by atoms with van der Waals surface area (Å²) in [6.07, 6.45) is 1.62. The summed E-state index contributed by atoms with van der Waals surface area (Å²) < 4.78 is 46.1. The Morgan fingerprint density at radius 2 is 1.92 bits per heavy atom. The Kier molecular flexibility index (Phi) is 4.70. The Bertz CT molecular complexity index is 782. The molecule has 0 amide bonds. The molecule has 1 aliphatic rings. The quantitative estimate of drug-likeness (QED) is 0.529. The molecule has 0 bridgehead atoms. The number of thioether (sulfide) groups is 2. The fourth-order valence-corrected chi connectivity index (χ4v) is 4.29. The molecular formula is C16H14F3NO2S2. The van der Waals surface area contributed by atoms with Gasteiger partial charge in [-0.1, -0.05) is 5.16 Å². The first-order valence-electron chi connectivity index (χ1n) is 7.20. The number of aromatic nitrogens is 1. The van der Waals surface area contributed by atoms with Crippen molar-refractivity contribution in [3.8, 4) is 0 Å². The van der Waals surface area contributed by atoms with Crippen molar-refractivity contribution in [3.05, 3.63) is 40.8 Å². The van der Waals surface area contributed by atoms with Crippen LogP contribution in [-0.4, -0.2) is 23.5 Å². The molecule has 0 aliphatic heterocycles. The third kappa shape index (κ3) is 3.09. The number of alkyl halides is 3. The lowest BCUT2D eigenvalue weighted by atomic mass is 9.97. The average Bonchev–Trinajstić information content (AvgIpc) is 3.28. The molecule has 0 radical (unpaired) electrons. The number of rotatable bonds is 5. The monoisotopic (exact) mass is 373 g/mol. The molecule has 1 aliphatic carbocycles. The van der Waals surface area contributed by atoms with Crippen LogP contribution in [0, 0.1) is 0 Å². The number of halogens is 3. The molecular weight excluding hydrogens is 359 g/mol. The topological polar surface area (TPSA) is 43.1 Å². The van der Waals surface area contributed by atoms with Crippen molar-refractivity contribution in [3.63, 3.8) is 0 Å². The van der Waals surface area contributed by atoms with Crippen molar-refractivity contribution >= 4 is 29.3 Å². The fourth-order valence-electron chi connectivity index (χ4n) is 2.60. The number of carbonyl (C=O) groups excluding carboxylic acids is 1. The van der Waals surface area contributed by atoms with Gasteiger partial charge in [0.05, 0.1) is 17.3 Å². The van der Waals surface area contributed by atoms with Gasteiger partial charge in [0, 0.05) is 21.3 Å². The molecule has 24 heavy (non-hydrogen) atoms. The second kappa shape index (κ2) is 6.48. The molecule has 0 N–H and O–H groups in total. The number of hydrogen-bond donors (Lipinski definition) is 0. The van der Waals surface area contributed by atoms with Gasteiger partial charge in [0.15, 0.2) is 11.5 Å². The maximum absolute atomic E-state index is 13.7. The summed E-state index contributed by atoms with van der Waals surface area (Å²) in [5.74, 6) is -0.201. The standard InChI is InChI=1S/C16H14F3NO2S2/c1-23-11-6-5-9(12(15(11)24-2)16(17,18)19)13(21)10-7-20-22-14(10)8-3-4-8/h5-8H,3-4H2,1-2H3. The highest BCUT2D eigenvalue weighted by Gasteiger charge is 2.40. The van der Waals surface area contributed by atoms with E-state index in [1.165, 1.54) is 24.0 Å². The van der Waals surface area contributed by atoms with Crippen LogP contribution in [-0.2, 0) is 6.18 Å². The van der Waals surface area contributed by atoms with Gasteiger partial charge in [-0.2, -0.15) is 13.2 Å². The summed E-state index contributed by atoms with van der Waals surface area (Å²) in [7, 11) is 0. The van der Waals surface area contributed by atoms with Gasteiger partial charge in [-0.05, 0) is 37.5 Å². The van der Waals surface area contributed by atoms with Crippen LogP contribution in [0.3, 0.4) is 0 Å². The maximum Gasteiger partial charge on any atom is 0.418 e. The summed E-state index contributed by atoms with van der Waals surface area (Å²) in [4.78, 5) is 13.4. The molecule has 0 spiro atoms.